The van der Waals surface area contributed by atoms with Crippen LogP contribution in [0.25, 0.3) is 0 Å². The molecule has 0 radical (unpaired) electrons. The molecule has 0 saturated carbocycles. The van der Waals surface area contributed by atoms with Crippen molar-refractivity contribution in [3.8, 4) is 5.75 Å². The molecule has 0 bridgehead atoms. The SMILES string of the molecule is CCCCCOc1ccc([C@@]2(C)C(=O)N(CN3CCOCC3)C(=O)N2CN2CCOCC2)cc1. The first-order valence-corrected chi connectivity index (χ1v) is 12.5. The van der Waals surface area contributed by atoms with Crippen LogP contribution in [0.15, 0.2) is 24.3 Å². The molecule has 1 aromatic carbocycles. The van der Waals surface area contributed by atoms with E-state index in [-0.39, 0.29) is 18.6 Å². The van der Waals surface area contributed by atoms with Crippen molar-refractivity contribution < 1.29 is 23.8 Å². The molecule has 3 saturated heterocycles. The van der Waals surface area contributed by atoms with Crippen LogP contribution < -0.4 is 4.74 Å². The fourth-order valence-electron chi connectivity index (χ4n) is 4.71. The number of carbonyl (C=O) groups excluding carboxylic acids is 2. The van der Waals surface area contributed by atoms with Gasteiger partial charge in [0.2, 0.25) is 0 Å². The molecule has 1 atom stereocenters. The van der Waals surface area contributed by atoms with E-state index in [1.54, 1.807) is 4.90 Å². The highest BCUT2D eigenvalue weighted by molar-refractivity contribution is 6.07. The highest BCUT2D eigenvalue weighted by Gasteiger charge is 2.56. The number of morpholine rings is 2. The van der Waals surface area contributed by atoms with Gasteiger partial charge in [-0.1, -0.05) is 31.9 Å². The molecule has 4 rings (SSSR count). The van der Waals surface area contributed by atoms with Crippen LogP contribution in [0.1, 0.15) is 38.7 Å². The molecule has 1 aromatic rings. The lowest BCUT2D eigenvalue weighted by Crippen LogP contribution is -2.51. The van der Waals surface area contributed by atoms with E-state index in [1.807, 2.05) is 31.2 Å². The van der Waals surface area contributed by atoms with E-state index in [4.69, 9.17) is 14.2 Å². The van der Waals surface area contributed by atoms with Gasteiger partial charge in [-0.05, 0) is 31.0 Å². The van der Waals surface area contributed by atoms with Crippen LogP contribution in [0.5, 0.6) is 5.75 Å². The minimum Gasteiger partial charge on any atom is -0.494 e. The van der Waals surface area contributed by atoms with Gasteiger partial charge >= 0.3 is 6.03 Å². The number of urea groups is 1. The molecule has 188 valence electrons. The van der Waals surface area contributed by atoms with Crippen LogP contribution in [0.3, 0.4) is 0 Å². The van der Waals surface area contributed by atoms with Gasteiger partial charge in [-0.15, -0.1) is 0 Å². The Morgan fingerprint density at radius 1 is 0.882 bits per heavy atom. The van der Waals surface area contributed by atoms with E-state index in [0.29, 0.717) is 52.8 Å². The number of ether oxygens (including phenoxy) is 3. The van der Waals surface area contributed by atoms with Gasteiger partial charge in [0.25, 0.3) is 5.91 Å². The smallest absolute Gasteiger partial charge is 0.330 e. The molecule has 3 amide bonds. The number of nitrogens with zero attached hydrogens (tertiary/aromatic N) is 4. The molecule has 0 unspecified atom stereocenters. The number of unbranched alkanes of at least 4 members (excludes halogenated alkanes) is 2. The second-order valence-electron chi connectivity index (χ2n) is 9.34. The molecule has 9 heteroatoms. The number of benzene rings is 1. The van der Waals surface area contributed by atoms with Crippen molar-refractivity contribution >= 4 is 11.9 Å². The summed E-state index contributed by atoms with van der Waals surface area (Å²) in [6, 6.07) is 7.41. The quantitative estimate of drug-likeness (QED) is 0.381. The first kappa shape index (κ1) is 24.9. The summed E-state index contributed by atoms with van der Waals surface area (Å²) in [5.74, 6) is 0.596. The van der Waals surface area contributed by atoms with E-state index in [2.05, 4.69) is 16.7 Å². The fourth-order valence-corrected chi connectivity index (χ4v) is 4.71. The number of rotatable bonds is 10. The van der Waals surface area contributed by atoms with Gasteiger partial charge < -0.3 is 14.2 Å². The van der Waals surface area contributed by atoms with E-state index in [0.717, 1.165) is 43.7 Å². The van der Waals surface area contributed by atoms with Crippen LogP contribution in [0, 0.1) is 0 Å². The summed E-state index contributed by atoms with van der Waals surface area (Å²) >= 11 is 0. The zero-order valence-electron chi connectivity index (χ0n) is 20.5. The third kappa shape index (κ3) is 5.38. The average Bonchev–Trinajstić information content (AvgIpc) is 3.05. The first-order chi connectivity index (χ1) is 16.5. The number of hydrogen-bond donors (Lipinski definition) is 0. The Morgan fingerprint density at radius 3 is 2.06 bits per heavy atom. The van der Waals surface area contributed by atoms with Crippen molar-refractivity contribution in [2.24, 2.45) is 0 Å². The summed E-state index contributed by atoms with van der Waals surface area (Å²) in [7, 11) is 0. The molecule has 0 spiro atoms. The number of imide groups is 1. The van der Waals surface area contributed by atoms with Gasteiger partial charge in [-0.25, -0.2) is 9.69 Å². The maximum Gasteiger partial charge on any atom is 0.330 e. The Bertz CT molecular complexity index is 823. The molecule has 3 heterocycles. The van der Waals surface area contributed by atoms with Crippen LogP contribution in [0.2, 0.25) is 0 Å². The topological polar surface area (TPSA) is 74.8 Å². The van der Waals surface area contributed by atoms with Crippen molar-refractivity contribution in [2.45, 2.75) is 38.6 Å². The van der Waals surface area contributed by atoms with E-state index >= 15 is 0 Å². The second kappa shape index (κ2) is 11.5. The third-order valence-corrected chi connectivity index (χ3v) is 6.99. The van der Waals surface area contributed by atoms with Gasteiger partial charge in [0.05, 0.1) is 46.4 Å². The number of carbonyl (C=O) groups is 2. The lowest BCUT2D eigenvalue weighted by molar-refractivity contribution is -0.135. The Kier molecular flexibility index (Phi) is 8.41. The molecule has 3 aliphatic rings. The minimum atomic E-state index is -1.08. The molecule has 3 fully saturated rings. The van der Waals surface area contributed by atoms with Gasteiger partial charge in [0.15, 0.2) is 0 Å². The summed E-state index contributed by atoms with van der Waals surface area (Å²) < 4.78 is 16.8. The van der Waals surface area contributed by atoms with Crippen molar-refractivity contribution in [1.29, 1.82) is 0 Å². The summed E-state index contributed by atoms with van der Waals surface area (Å²) in [5, 5.41) is 0. The predicted molar refractivity (Wildman–Crippen MR) is 127 cm³/mol. The molecular formula is C25H38N4O5. The average molecular weight is 475 g/mol. The van der Waals surface area contributed by atoms with Gasteiger partial charge in [-0.3, -0.25) is 19.5 Å². The van der Waals surface area contributed by atoms with Crippen LogP contribution in [-0.4, -0.2) is 104 Å². The van der Waals surface area contributed by atoms with Gasteiger partial charge in [0.1, 0.15) is 11.3 Å². The molecular weight excluding hydrogens is 436 g/mol. The summed E-state index contributed by atoms with van der Waals surface area (Å²) in [6.07, 6.45) is 3.31. The van der Waals surface area contributed by atoms with E-state index in [9.17, 15) is 9.59 Å². The first-order valence-electron chi connectivity index (χ1n) is 12.5. The minimum absolute atomic E-state index is 0.186. The zero-order valence-corrected chi connectivity index (χ0v) is 20.5. The van der Waals surface area contributed by atoms with Crippen molar-refractivity contribution in [3.63, 3.8) is 0 Å². The Labute approximate surface area is 202 Å². The second-order valence-corrected chi connectivity index (χ2v) is 9.34. The lowest BCUT2D eigenvalue weighted by atomic mass is 9.90. The monoisotopic (exact) mass is 474 g/mol. The maximum absolute atomic E-state index is 13.8. The van der Waals surface area contributed by atoms with Crippen molar-refractivity contribution in [1.82, 2.24) is 19.6 Å². The van der Waals surface area contributed by atoms with E-state index < -0.39 is 5.54 Å². The molecule has 0 aliphatic carbocycles. The molecule has 34 heavy (non-hydrogen) atoms. The molecule has 9 nitrogen and oxygen atoms in total. The normalized spacial score (nSPS) is 24.8. The molecule has 0 N–H and O–H groups in total. The third-order valence-electron chi connectivity index (χ3n) is 6.99. The summed E-state index contributed by atoms with van der Waals surface area (Å²) in [4.78, 5) is 34.8. The number of hydrogen-bond acceptors (Lipinski definition) is 7. The predicted octanol–water partition coefficient (Wildman–Crippen LogP) is 2.31. The Hall–Kier alpha value is -2.20. The maximum atomic E-state index is 13.8. The fraction of sp³-hybridized carbons (Fsp3) is 0.680. The summed E-state index contributed by atoms with van der Waals surface area (Å²) in [6.45, 7) is 10.8. The standard InChI is InChI=1S/C25H38N4O5/c1-3-4-5-14-34-22-8-6-21(7-9-22)25(2)23(30)28(19-26-10-15-32-16-11-26)24(31)29(25)20-27-12-17-33-18-13-27/h6-9H,3-5,10-20H2,1-2H3/t25-/m0/s1. The molecule has 0 aromatic heterocycles. The lowest BCUT2D eigenvalue weighted by Gasteiger charge is -2.37. The van der Waals surface area contributed by atoms with Gasteiger partial charge in [0, 0.05) is 26.2 Å². The largest absolute Gasteiger partial charge is 0.494 e. The Morgan fingerprint density at radius 2 is 1.47 bits per heavy atom. The Balaban J connectivity index is 1.55. The van der Waals surface area contributed by atoms with E-state index in [1.165, 1.54) is 4.90 Å². The molecule has 3 aliphatic heterocycles. The zero-order chi connectivity index (χ0) is 24.0. The summed E-state index contributed by atoms with van der Waals surface area (Å²) in [5.41, 5.74) is -0.285. The highest BCUT2D eigenvalue weighted by Crippen LogP contribution is 2.38. The van der Waals surface area contributed by atoms with Crippen molar-refractivity contribution in [2.75, 3.05) is 72.6 Å². The number of amides is 3. The van der Waals surface area contributed by atoms with Crippen LogP contribution in [0.4, 0.5) is 4.79 Å². The van der Waals surface area contributed by atoms with Gasteiger partial charge in [-0.2, -0.15) is 0 Å². The highest BCUT2D eigenvalue weighted by atomic mass is 16.5. The van der Waals surface area contributed by atoms with Crippen molar-refractivity contribution in [3.05, 3.63) is 29.8 Å². The van der Waals surface area contributed by atoms with Crippen LogP contribution >= 0.6 is 0 Å². The van der Waals surface area contributed by atoms with Crippen LogP contribution in [-0.2, 0) is 19.8 Å².